The smallest absolute Gasteiger partial charge is 0.306 e. The first-order valence-corrected chi connectivity index (χ1v) is 9.13. The molecule has 0 radical (unpaired) electrons. The molecule has 0 spiro atoms. The lowest BCUT2D eigenvalue weighted by Crippen LogP contribution is -2.14. The molecule has 1 N–H and O–H groups in total. The van der Waals surface area contributed by atoms with E-state index in [1.54, 1.807) is 0 Å². The first-order chi connectivity index (χ1) is 10.2. The second kappa shape index (κ2) is 11.8. The third kappa shape index (κ3) is 8.95. The van der Waals surface area contributed by atoms with Crippen LogP contribution in [0.5, 0.6) is 0 Å². The Hall–Kier alpha value is -0.790. The molecule has 0 aromatic heterocycles. The lowest BCUT2D eigenvalue weighted by molar-refractivity contribution is -0.142. The highest BCUT2D eigenvalue weighted by molar-refractivity contribution is 5.69. The van der Waals surface area contributed by atoms with Gasteiger partial charge in [0.1, 0.15) is 0 Å². The van der Waals surface area contributed by atoms with Crippen molar-refractivity contribution in [2.75, 3.05) is 0 Å². The van der Waals surface area contributed by atoms with E-state index in [4.69, 9.17) is 0 Å². The molecule has 0 heterocycles. The summed E-state index contributed by atoms with van der Waals surface area (Å²) in [5.74, 6) is -0.0515. The highest BCUT2D eigenvalue weighted by atomic mass is 16.4. The van der Waals surface area contributed by atoms with Crippen LogP contribution < -0.4 is 0 Å². The Morgan fingerprint density at radius 2 is 1.76 bits per heavy atom. The van der Waals surface area contributed by atoms with E-state index >= 15 is 0 Å². The zero-order valence-corrected chi connectivity index (χ0v) is 13.9. The Labute approximate surface area is 131 Å². The molecule has 0 saturated carbocycles. The van der Waals surface area contributed by atoms with Crippen molar-refractivity contribution >= 4 is 5.97 Å². The van der Waals surface area contributed by atoms with Gasteiger partial charge in [-0.1, -0.05) is 70.4 Å². The molecule has 1 rings (SSSR count). The predicted molar refractivity (Wildman–Crippen MR) is 89.5 cm³/mol. The molecule has 21 heavy (non-hydrogen) atoms. The van der Waals surface area contributed by atoms with Gasteiger partial charge in [-0.3, -0.25) is 4.79 Å². The van der Waals surface area contributed by atoms with Crippen LogP contribution in [0.15, 0.2) is 12.2 Å². The molecule has 0 aromatic rings. The number of carbonyl (C=O) groups is 1. The molecular weight excluding hydrogens is 260 g/mol. The van der Waals surface area contributed by atoms with Crippen molar-refractivity contribution in [3.8, 4) is 0 Å². The number of rotatable bonds is 13. The highest BCUT2D eigenvalue weighted by Crippen LogP contribution is 2.26. The van der Waals surface area contributed by atoms with Crippen LogP contribution >= 0.6 is 0 Å². The third-order valence-electron chi connectivity index (χ3n) is 4.75. The van der Waals surface area contributed by atoms with Gasteiger partial charge in [0.15, 0.2) is 0 Å². The summed E-state index contributed by atoms with van der Waals surface area (Å²) in [4.78, 5) is 11.3. The summed E-state index contributed by atoms with van der Waals surface area (Å²) in [5, 5.41) is 9.33. The second-order valence-corrected chi connectivity index (χ2v) is 6.64. The van der Waals surface area contributed by atoms with Gasteiger partial charge in [-0.15, -0.1) is 0 Å². The Bertz CT molecular complexity index is 296. The van der Waals surface area contributed by atoms with E-state index in [1.165, 1.54) is 57.8 Å². The molecule has 0 fully saturated rings. The Kier molecular flexibility index (Phi) is 10.3. The van der Waals surface area contributed by atoms with E-state index in [9.17, 15) is 9.90 Å². The van der Waals surface area contributed by atoms with E-state index in [-0.39, 0.29) is 5.92 Å². The second-order valence-electron chi connectivity index (χ2n) is 6.64. The summed E-state index contributed by atoms with van der Waals surface area (Å²) in [6.45, 7) is 2.24. The van der Waals surface area contributed by atoms with Crippen LogP contribution in [0.2, 0.25) is 0 Å². The maximum Gasteiger partial charge on any atom is 0.306 e. The van der Waals surface area contributed by atoms with Crippen molar-refractivity contribution in [3.05, 3.63) is 12.2 Å². The fraction of sp³-hybridized carbons (Fsp3) is 0.842. The van der Waals surface area contributed by atoms with E-state index < -0.39 is 5.97 Å². The van der Waals surface area contributed by atoms with Crippen molar-refractivity contribution in [1.82, 2.24) is 0 Å². The molecule has 0 aliphatic heterocycles. The van der Waals surface area contributed by atoms with Crippen LogP contribution in [0.4, 0.5) is 0 Å². The van der Waals surface area contributed by atoms with Gasteiger partial charge in [-0.25, -0.2) is 0 Å². The van der Waals surface area contributed by atoms with Crippen LogP contribution in [-0.4, -0.2) is 11.1 Å². The zero-order chi connectivity index (χ0) is 15.3. The number of hydrogen-bond donors (Lipinski definition) is 1. The maximum atomic E-state index is 11.3. The summed E-state index contributed by atoms with van der Waals surface area (Å²) < 4.78 is 0. The first-order valence-electron chi connectivity index (χ1n) is 9.13. The summed E-state index contributed by atoms with van der Waals surface area (Å²) >= 11 is 0. The van der Waals surface area contributed by atoms with E-state index in [0.29, 0.717) is 5.92 Å². The van der Waals surface area contributed by atoms with Gasteiger partial charge >= 0.3 is 5.97 Å². The molecule has 0 aromatic carbocycles. The fourth-order valence-electron chi connectivity index (χ4n) is 3.27. The summed E-state index contributed by atoms with van der Waals surface area (Å²) in [5.41, 5.74) is 0. The first kappa shape index (κ1) is 18.3. The molecule has 2 nitrogen and oxygen atoms in total. The largest absolute Gasteiger partial charge is 0.481 e. The molecule has 0 bridgehead atoms. The van der Waals surface area contributed by atoms with Crippen LogP contribution in [0, 0.1) is 11.8 Å². The average Bonchev–Trinajstić information content (AvgIpc) is 2.97. The Morgan fingerprint density at radius 3 is 2.33 bits per heavy atom. The molecule has 0 saturated heterocycles. The number of unbranched alkanes of at least 4 members (excludes halogenated alkanes) is 7. The highest BCUT2D eigenvalue weighted by Gasteiger charge is 2.19. The number of carboxylic acids is 1. The third-order valence-corrected chi connectivity index (χ3v) is 4.75. The zero-order valence-electron chi connectivity index (χ0n) is 13.9. The molecule has 2 unspecified atom stereocenters. The molecule has 122 valence electrons. The quantitative estimate of drug-likeness (QED) is 0.336. The van der Waals surface area contributed by atoms with Crippen LogP contribution in [0.25, 0.3) is 0 Å². The van der Waals surface area contributed by atoms with Gasteiger partial charge in [-0.05, 0) is 38.0 Å². The summed E-state index contributed by atoms with van der Waals surface area (Å²) in [7, 11) is 0. The monoisotopic (exact) mass is 294 g/mol. The SMILES string of the molecule is CCCCCCCCCCC(CCC1C=CCC1)C(=O)O. The molecular formula is C19H34O2. The van der Waals surface area contributed by atoms with Gasteiger partial charge in [0.2, 0.25) is 0 Å². The topological polar surface area (TPSA) is 37.3 Å². The standard InChI is InChI=1S/C19H34O2/c1-2-3-4-5-6-7-8-9-14-18(19(20)21)16-15-17-12-10-11-13-17/h10,12,17-18H,2-9,11,13-16H2,1H3,(H,20,21). The van der Waals surface area contributed by atoms with Gasteiger partial charge in [0.05, 0.1) is 5.92 Å². The normalized spacial score (nSPS) is 19.0. The van der Waals surface area contributed by atoms with Gasteiger partial charge in [0, 0.05) is 0 Å². The minimum Gasteiger partial charge on any atom is -0.481 e. The molecule has 1 aliphatic rings. The van der Waals surface area contributed by atoms with E-state index in [0.717, 1.165) is 25.7 Å². The lowest BCUT2D eigenvalue weighted by atomic mass is 9.91. The molecule has 0 amide bonds. The van der Waals surface area contributed by atoms with Gasteiger partial charge in [0.25, 0.3) is 0 Å². The van der Waals surface area contributed by atoms with Crippen molar-refractivity contribution in [2.24, 2.45) is 11.8 Å². The summed E-state index contributed by atoms with van der Waals surface area (Å²) in [6.07, 6.45) is 20.0. The van der Waals surface area contributed by atoms with E-state index in [2.05, 4.69) is 19.1 Å². The number of carboxylic acid groups (broad SMARTS) is 1. The van der Waals surface area contributed by atoms with Crippen LogP contribution in [0.3, 0.4) is 0 Å². The van der Waals surface area contributed by atoms with E-state index in [1.807, 2.05) is 0 Å². The number of aliphatic carboxylic acids is 1. The fourth-order valence-corrected chi connectivity index (χ4v) is 3.27. The van der Waals surface area contributed by atoms with Crippen molar-refractivity contribution in [3.63, 3.8) is 0 Å². The van der Waals surface area contributed by atoms with Crippen LogP contribution in [0.1, 0.15) is 90.4 Å². The minimum atomic E-state index is -0.583. The molecule has 2 heteroatoms. The van der Waals surface area contributed by atoms with Crippen molar-refractivity contribution < 1.29 is 9.90 Å². The average molecular weight is 294 g/mol. The minimum absolute atomic E-state index is 0.112. The maximum absolute atomic E-state index is 11.3. The molecule has 1 aliphatic carbocycles. The Balaban J connectivity index is 2.02. The van der Waals surface area contributed by atoms with Gasteiger partial charge in [-0.2, -0.15) is 0 Å². The predicted octanol–water partition coefficient (Wildman–Crippen LogP) is 5.96. The lowest BCUT2D eigenvalue weighted by Gasteiger charge is -2.14. The van der Waals surface area contributed by atoms with Gasteiger partial charge < -0.3 is 5.11 Å². The van der Waals surface area contributed by atoms with Crippen LogP contribution in [-0.2, 0) is 4.79 Å². The van der Waals surface area contributed by atoms with Crippen molar-refractivity contribution in [2.45, 2.75) is 90.4 Å². The summed E-state index contributed by atoms with van der Waals surface area (Å²) in [6, 6.07) is 0. The molecule has 2 atom stereocenters. The number of hydrogen-bond acceptors (Lipinski definition) is 1. The van der Waals surface area contributed by atoms with Crippen molar-refractivity contribution in [1.29, 1.82) is 0 Å². The number of allylic oxidation sites excluding steroid dienone is 2. The Morgan fingerprint density at radius 1 is 1.10 bits per heavy atom.